The van der Waals surface area contributed by atoms with E-state index in [1.54, 1.807) is 13.8 Å². The van der Waals surface area contributed by atoms with Gasteiger partial charge < -0.3 is 9.47 Å². The SMILES string of the molecule is CC(=O)O[C@H](C)c1n[nH]c([C@@H](C)OC(C)=O)n1. The molecule has 0 saturated carbocycles. The molecule has 0 radical (unpaired) electrons. The monoisotopic (exact) mass is 241 g/mol. The zero-order valence-electron chi connectivity index (χ0n) is 10.2. The molecule has 0 unspecified atom stereocenters. The maximum Gasteiger partial charge on any atom is 0.303 e. The number of rotatable bonds is 4. The van der Waals surface area contributed by atoms with E-state index in [0.29, 0.717) is 11.6 Å². The number of carbonyl (C=O) groups is 2. The van der Waals surface area contributed by atoms with Gasteiger partial charge in [-0.25, -0.2) is 4.98 Å². The molecule has 0 bridgehead atoms. The van der Waals surface area contributed by atoms with Crippen LogP contribution in [0.15, 0.2) is 0 Å². The molecule has 1 N–H and O–H groups in total. The number of H-pyrrole nitrogens is 1. The van der Waals surface area contributed by atoms with E-state index in [1.165, 1.54) is 13.8 Å². The van der Waals surface area contributed by atoms with Crippen LogP contribution in [0.2, 0.25) is 0 Å². The Hall–Kier alpha value is -1.92. The molecule has 94 valence electrons. The number of ether oxygens (including phenoxy) is 2. The second-order valence-electron chi connectivity index (χ2n) is 3.58. The van der Waals surface area contributed by atoms with Crippen molar-refractivity contribution in [3.8, 4) is 0 Å². The summed E-state index contributed by atoms with van der Waals surface area (Å²) in [5.41, 5.74) is 0. The molecule has 0 spiro atoms. The number of hydrogen-bond acceptors (Lipinski definition) is 6. The van der Waals surface area contributed by atoms with Crippen LogP contribution in [0.4, 0.5) is 0 Å². The van der Waals surface area contributed by atoms with Crippen molar-refractivity contribution in [1.82, 2.24) is 15.2 Å². The van der Waals surface area contributed by atoms with Gasteiger partial charge in [0, 0.05) is 13.8 Å². The third-order valence-corrected chi connectivity index (χ3v) is 1.95. The first-order valence-electron chi connectivity index (χ1n) is 5.16. The lowest BCUT2D eigenvalue weighted by Crippen LogP contribution is -2.08. The predicted molar refractivity (Wildman–Crippen MR) is 56.7 cm³/mol. The third-order valence-electron chi connectivity index (χ3n) is 1.95. The average Bonchev–Trinajstić information content (AvgIpc) is 2.63. The van der Waals surface area contributed by atoms with Crippen molar-refractivity contribution in [2.75, 3.05) is 0 Å². The number of nitrogens with one attached hydrogen (secondary N) is 1. The molecule has 2 atom stereocenters. The first-order valence-corrected chi connectivity index (χ1v) is 5.16. The Morgan fingerprint density at radius 2 is 1.65 bits per heavy atom. The standard InChI is InChI=1S/C10H15N3O4/c1-5(16-7(3)14)9-11-10(13-12-9)6(2)17-8(4)15/h5-6H,1-4H3,(H,11,12,13)/t5-,6-/m1/s1. The van der Waals surface area contributed by atoms with Crippen LogP contribution in [0, 0.1) is 0 Å². The zero-order valence-corrected chi connectivity index (χ0v) is 10.2. The van der Waals surface area contributed by atoms with Crippen LogP contribution in [0.5, 0.6) is 0 Å². The van der Waals surface area contributed by atoms with Crippen LogP contribution < -0.4 is 0 Å². The summed E-state index contributed by atoms with van der Waals surface area (Å²) in [6, 6.07) is 0. The minimum atomic E-state index is -0.540. The molecule has 1 heterocycles. The minimum absolute atomic E-state index is 0.342. The van der Waals surface area contributed by atoms with Gasteiger partial charge in [0.25, 0.3) is 0 Å². The summed E-state index contributed by atoms with van der Waals surface area (Å²) >= 11 is 0. The van der Waals surface area contributed by atoms with E-state index in [-0.39, 0.29) is 0 Å². The van der Waals surface area contributed by atoms with Gasteiger partial charge in [0.1, 0.15) is 0 Å². The summed E-state index contributed by atoms with van der Waals surface area (Å²) in [6.07, 6.45) is -1.06. The number of hydrogen-bond donors (Lipinski definition) is 1. The summed E-state index contributed by atoms with van der Waals surface area (Å²) < 4.78 is 9.85. The fraction of sp³-hybridized carbons (Fsp3) is 0.600. The van der Waals surface area contributed by atoms with Gasteiger partial charge in [-0.1, -0.05) is 0 Å². The highest BCUT2D eigenvalue weighted by atomic mass is 16.5. The van der Waals surface area contributed by atoms with Crippen LogP contribution in [0.1, 0.15) is 51.6 Å². The number of carbonyl (C=O) groups excluding carboxylic acids is 2. The molecule has 0 aromatic carbocycles. The Kier molecular flexibility index (Phi) is 4.19. The fourth-order valence-electron chi connectivity index (χ4n) is 1.26. The van der Waals surface area contributed by atoms with Crippen molar-refractivity contribution >= 4 is 11.9 Å². The largest absolute Gasteiger partial charge is 0.455 e. The first-order chi connectivity index (χ1) is 7.90. The number of esters is 2. The van der Waals surface area contributed by atoms with Gasteiger partial charge >= 0.3 is 11.9 Å². The highest BCUT2D eigenvalue weighted by molar-refractivity contribution is 5.66. The lowest BCUT2D eigenvalue weighted by Gasteiger charge is -2.08. The van der Waals surface area contributed by atoms with E-state index in [0.717, 1.165) is 0 Å². The van der Waals surface area contributed by atoms with Crippen molar-refractivity contribution in [2.45, 2.75) is 39.9 Å². The van der Waals surface area contributed by atoms with E-state index >= 15 is 0 Å². The van der Waals surface area contributed by atoms with Crippen LogP contribution in [-0.4, -0.2) is 27.1 Å². The van der Waals surface area contributed by atoms with Crippen LogP contribution in [0.25, 0.3) is 0 Å². The topological polar surface area (TPSA) is 94.2 Å². The summed E-state index contributed by atoms with van der Waals surface area (Å²) in [5, 5.41) is 6.53. The highest BCUT2D eigenvalue weighted by Crippen LogP contribution is 2.16. The van der Waals surface area contributed by atoms with Gasteiger partial charge in [0.05, 0.1) is 0 Å². The summed E-state index contributed by atoms with van der Waals surface area (Å²) in [5.74, 6) is -0.0521. The zero-order chi connectivity index (χ0) is 13.0. The van der Waals surface area contributed by atoms with Crippen LogP contribution in [-0.2, 0) is 19.1 Å². The molecular weight excluding hydrogens is 226 g/mol. The summed E-state index contributed by atoms with van der Waals surface area (Å²) in [4.78, 5) is 25.6. The third kappa shape index (κ3) is 3.86. The molecule has 17 heavy (non-hydrogen) atoms. The number of nitrogens with zero attached hydrogens (tertiary/aromatic N) is 2. The van der Waals surface area contributed by atoms with Gasteiger partial charge in [-0.2, -0.15) is 5.10 Å². The number of aromatic amines is 1. The second kappa shape index (κ2) is 5.42. The molecular formula is C10H15N3O4. The van der Waals surface area contributed by atoms with Gasteiger partial charge in [-0.3, -0.25) is 14.7 Å². The molecule has 0 saturated heterocycles. The fourth-order valence-corrected chi connectivity index (χ4v) is 1.26. The van der Waals surface area contributed by atoms with Crippen molar-refractivity contribution in [3.63, 3.8) is 0 Å². The normalized spacial score (nSPS) is 13.9. The Morgan fingerprint density at radius 3 is 2.18 bits per heavy atom. The Morgan fingerprint density at radius 1 is 1.12 bits per heavy atom. The maximum atomic E-state index is 10.8. The Balaban J connectivity index is 2.70. The smallest absolute Gasteiger partial charge is 0.303 e. The minimum Gasteiger partial charge on any atom is -0.455 e. The molecule has 0 amide bonds. The lowest BCUT2D eigenvalue weighted by molar-refractivity contribution is -0.146. The van der Waals surface area contributed by atoms with Gasteiger partial charge in [-0.15, -0.1) is 0 Å². The van der Waals surface area contributed by atoms with Crippen LogP contribution in [0.3, 0.4) is 0 Å². The molecule has 0 aliphatic carbocycles. The summed E-state index contributed by atoms with van der Waals surface area (Å²) in [7, 11) is 0. The predicted octanol–water partition coefficient (Wildman–Crippen LogP) is 1.05. The molecule has 1 rings (SSSR count). The molecule has 1 aromatic heterocycles. The Labute approximate surface area is 98.5 Å². The van der Waals surface area contributed by atoms with E-state index in [4.69, 9.17) is 9.47 Å². The highest BCUT2D eigenvalue weighted by Gasteiger charge is 2.18. The quantitative estimate of drug-likeness (QED) is 0.792. The van der Waals surface area contributed by atoms with E-state index < -0.39 is 24.1 Å². The van der Waals surface area contributed by atoms with Crippen LogP contribution >= 0.6 is 0 Å². The number of aromatic nitrogens is 3. The van der Waals surface area contributed by atoms with Crippen molar-refractivity contribution in [1.29, 1.82) is 0 Å². The van der Waals surface area contributed by atoms with Gasteiger partial charge in [0.15, 0.2) is 23.9 Å². The first kappa shape index (κ1) is 13.1. The molecule has 1 aromatic rings. The second-order valence-corrected chi connectivity index (χ2v) is 3.58. The summed E-state index contributed by atoms with van der Waals surface area (Å²) in [6.45, 7) is 5.95. The maximum absolute atomic E-state index is 10.8. The van der Waals surface area contributed by atoms with Gasteiger partial charge in [0.2, 0.25) is 0 Å². The van der Waals surface area contributed by atoms with E-state index in [2.05, 4.69) is 15.2 Å². The van der Waals surface area contributed by atoms with E-state index in [9.17, 15) is 9.59 Å². The van der Waals surface area contributed by atoms with Gasteiger partial charge in [-0.05, 0) is 13.8 Å². The van der Waals surface area contributed by atoms with Crippen molar-refractivity contribution < 1.29 is 19.1 Å². The van der Waals surface area contributed by atoms with Crippen molar-refractivity contribution in [3.05, 3.63) is 11.6 Å². The molecule has 0 aliphatic rings. The van der Waals surface area contributed by atoms with Crippen molar-refractivity contribution in [2.24, 2.45) is 0 Å². The molecule has 7 heteroatoms. The molecule has 0 aliphatic heterocycles. The lowest BCUT2D eigenvalue weighted by atomic mass is 10.3. The van der Waals surface area contributed by atoms with E-state index in [1.807, 2.05) is 0 Å². The molecule has 0 fully saturated rings. The average molecular weight is 241 g/mol. The Bertz CT molecular complexity index is 379. The molecule has 7 nitrogen and oxygen atoms in total.